The van der Waals surface area contributed by atoms with Gasteiger partial charge >= 0.3 is 0 Å². The first-order valence-electron chi connectivity index (χ1n) is 13.1. The van der Waals surface area contributed by atoms with Gasteiger partial charge in [0.2, 0.25) is 5.91 Å². The number of piperidine rings is 1. The van der Waals surface area contributed by atoms with E-state index in [4.69, 9.17) is 4.74 Å². The maximum absolute atomic E-state index is 13.8. The molecule has 3 heterocycles. The molecule has 184 valence electrons. The molecular formula is C30H37N3O2. The zero-order valence-electron chi connectivity index (χ0n) is 20.9. The number of carbonyl (C=O) groups is 1. The monoisotopic (exact) mass is 471 g/mol. The fourth-order valence-corrected chi connectivity index (χ4v) is 5.66. The average Bonchev–Trinajstić information content (AvgIpc) is 3.14. The van der Waals surface area contributed by atoms with Crippen molar-refractivity contribution in [2.75, 3.05) is 45.9 Å². The quantitative estimate of drug-likeness (QED) is 0.527. The van der Waals surface area contributed by atoms with E-state index in [1.165, 1.54) is 21.9 Å². The van der Waals surface area contributed by atoms with Gasteiger partial charge in [-0.3, -0.25) is 9.78 Å². The Hall–Kier alpha value is -2.76. The fourth-order valence-electron chi connectivity index (χ4n) is 5.66. The third-order valence-corrected chi connectivity index (χ3v) is 7.94. The molecule has 5 nitrogen and oxygen atoms in total. The zero-order chi connectivity index (χ0) is 24.1. The summed E-state index contributed by atoms with van der Waals surface area (Å²) in [5, 5.41) is 2.42. The number of rotatable bonds is 6. The number of carbonyl (C=O) groups excluding carboxylic acids is 1. The molecule has 35 heavy (non-hydrogen) atoms. The summed E-state index contributed by atoms with van der Waals surface area (Å²) in [5.41, 5.74) is 2.42. The number of likely N-dealkylation sites (tertiary alicyclic amines) is 1. The van der Waals surface area contributed by atoms with Gasteiger partial charge in [-0.05, 0) is 61.4 Å². The Morgan fingerprint density at radius 3 is 2.71 bits per heavy atom. The minimum Gasteiger partial charge on any atom is -0.379 e. The molecule has 0 N–H and O–H groups in total. The van der Waals surface area contributed by atoms with Gasteiger partial charge in [0.25, 0.3) is 0 Å². The Morgan fingerprint density at radius 1 is 1.06 bits per heavy atom. The molecule has 1 aromatic heterocycles. The van der Waals surface area contributed by atoms with Gasteiger partial charge in [-0.1, -0.05) is 55.5 Å². The number of amides is 1. The molecule has 2 aliphatic heterocycles. The third kappa shape index (κ3) is 5.74. The summed E-state index contributed by atoms with van der Waals surface area (Å²) in [6.07, 6.45) is 7.62. The first kappa shape index (κ1) is 24.0. The number of hydrogen-bond donors (Lipinski definition) is 0. The standard InChI is InChI=1S/C30H37N3O2/c1-30(12-16-32(17-13-30)15-11-24-6-3-2-4-7-24)29(34)33-18-19-35-23-25(22-33)20-26-8-5-9-27-21-31-14-10-28(26)27/h2-10,14,21,25H,11-13,15-20,22-23H2,1H3/t25-/m1/s1. The third-order valence-electron chi connectivity index (χ3n) is 7.94. The number of nitrogens with zero attached hydrogens (tertiary/aromatic N) is 3. The van der Waals surface area contributed by atoms with Gasteiger partial charge in [-0.25, -0.2) is 0 Å². The average molecular weight is 472 g/mol. The number of fused-ring (bicyclic) bond motifs is 1. The highest BCUT2D eigenvalue weighted by atomic mass is 16.5. The van der Waals surface area contributed by atoms with Crippen LogP contribution in [0.1, 0.15) is 30.9 Å². The van der Waals surface area contributed by atoms with Crippen LogP contribution in [0, 0.1) is 11.3 Å². The van der Waals surface area contributed by atoms with Crippen molar-refractivity contribution in [3.8, 4) is 0 Å². The van der Waals surface area contributed by atoms with Gasteiger partial charge < -0.3 is 14.5 Å². The lowest BCUT2D eigenvalue weighted by Gasteiger charge is -2.41. The largest absolute Gasteiger partial charge is 0.379 e. The summed E-state index contributed by atoms with van der Waals surface area (Å²) in [4.78, 5) is 22.7. The van der Waals surface area contributed by atoms with E-state index >= 15 is 0 Å². The molecule has 0 aliphatic carbocycles. The Morgan fingerprint density at radius 2 is 1.89 bits per heavy atom. The van der Waals surface area contributed by atoms with Crippen LogP contribution in [0.15, 0.2) is 67.0 Å². The molecule has 5 heteroatoms. The van der Waals surface area contributed by atoms with E-state index in [9.17, 15) is 4.79 Å². The highest BCUT2D eigenvalue weighted by Crippen LogP contribution is 2.34. The second-order valence-corrected chi connectivity index (χ2v) is 10.5. The summed E-state index contributed by atoms with van der Waals surface area (Å²) < 4.78 is 5.97. The van der Waals surface area contributed by atoms with Gasteiger partial charge in [0.1, 0.15) is 0 Å². The fraction of sp³-hybridized carbons (Fsp3) is 0.467. The van der Waals surface area contributed by atoms with Crippen molar-refractivity contribution < 1.29 is 9.53 Å². The Bertz CT molecular complexity index is 1120. The van der Waals surface area contributed by atoms with E-state index in [1.807, 2.05) is 12.4 Å². The number of ether oxygens (including phenoxy) is 1. The van der Waals surface area contributed by atoms with Crippen molar-refractivity contribution in [3.63, 3.8) is 0 Å². The number of pyridine rings is 1. The van der Waals surface area contributed by atoms with Crippen LogP contribution in [0.5, 0.6) is 0 Å². The molecule has 0 radical (unpaired) electrons. The predicted octanol–water partition coefficient (Wildman–Crippen LogP) is 4.60. The smallest absolute Gasteiger partial charge is 0.228 e. The van der Waals surface area contributed by atoms with Gasteiger partial charge in [-0.2, -0.15) is 0 Å². The Balaban J connectivity index is 1.19. The van der Waals surface area contributed by atoms with Crippen LogP contribution < -0.4 is 0 Å². The lowest BCUT2D eigenvalue weighted by atomic mass is 9.78. The van der Waals surface area contributed by atoms with Crippen molar-refractivity contribution in [2.45, 2.75) is 32.6 Å². The molecule has 2 fully saturated rings. The molecule has 0 spiro atoms. The lowest BCUT2D eigenvalue weighted by molar-refractivity contribution is -0.144. The van der Waals surface area contributed by atoms with Crippen LogP contribution in [0.25, 0.3) is 10.8 Å². The molecule has 0 saturated carbocycles. The topological polar surface area (TPSA) is 45.7 Å². The maximum atomic E-state index is 13.8. The van der Waals surface area contributed by atoms with Crippen molar-refractivity contribution in [1.29, 1.82) is 0 Å². The lowest BCUT2D eigenvalue weighted by Crippen LogP contribution is -2.50. The van der Waals surface area contributed by atoms with E-state index in [-0.39, 0.29) is 5.41 Å². The minimum absolute atomic E-state index is 0.275. The van der Waals surface area contributed by atoms with Crippen LogP contribution in [0.3, 0.4) is 0 Å². The number of aromatic nitrogens is 1. The first-order valence-corrected chi connectivity index (χ1v) is 13.1. The molecular weight excluding hydrogens is 434 g/mol. The van der Waals surface area contributed by atoms with E-state index < -0.39 is 0 Å². The van der Waals surface area contributed by atoms with Crippen molar-refractivity contribution in [3.05, 3.63) is 78.1 Å². The van der Waals surface area contributed by atoms with Crippen LogP contribution in [-0.2, 0) is 22.4 Å². The first-order chi connectivity index (χ1) is 17.1. The molecule has 0 unspecified atom stereocenters. The highest BCUT2D eigenvalue weighted by Gasteiger charge is 2.40. The van der Waals surface area contributed by atoms with Crippen molar-refractivity contribution >= 4 is 16.7 Å². The van der Waals surface area contributed by atoms with Crippen LogP contribution in [0.2, 0.25) is 0 Å². The van der Waals surface area contributed by atoms with Crippen LogP contribution in [0.4, 0.5) is 0 Å². The molecule has 1 atom stereocenters. The molecule has 2 aliphatic rings. The van der Waals surface area contributed by atoms with Gasteiger partial charge in [-0.15, -0.1) is 0 Å². The summed E-state index contributed by atoms with van der Waals surface area (Å²) in [6.45, 7) is 8.03. The van der Waals surface area contributed by atoms with E-state index in [2.05, 4.69) is 76.3 Å². The predicted molar refractivity (Wildman–Crippen MR) is 140 cm³/mol. The molecule has 5 rings (SSSR count). The highest BCUT2D eigenvalue weighted by molar-refractivity contribution is 5.85. The van der Waals surface area contributed by atoms with Gasteiger partial charge in [0, 0.05) is 48.7 Å². The summed E-state index contributed by atoms with van der Waals surface area (Å²) in [7, 11) is 0. The molecule has 2 saturated heterocycles. The molecule has 3 aromatic rings. The van der Waals surface area contributed by atoms with Crippen LogP contribution >= 0.6 is 0 Å². The molecule has 0 bridgehead atoms. The summed E-state index contributed by atoms with van der Waals surface area (Å²) >= 11 is 0. The SMILES string of the molecule is CC1(C(=O)N2CCOC[C@H](Cc3cccc4cnccc34)C2)CCN(CCc2ccccc2)CC1. The summed E-state index contributed by atoms with van der Waals surface area (Å²) in [5.74, 6) is 0.618. The van der Waals surface area contributed by atoms with Crippen LogP contribution in [-0.4, -0.2) is 66.6 Å². The number of hydrogen-bond acceptors (Lipinski definition) is 4. The van der Waals surface area contributed by atoms with Crippen molar-refractivity contribution in [1.82, 2.24) is 14.8 Å². The van der Waals surface area contributed by atoms with Crippen molar-refractivity contribution in [2.24, 2.45) is 11.3 Å². The normalized spacial score (nSPS) is 21.1. The second-order valence-electron chi connectivity index (χ2n) is 10.5. The minimum atomic E-state index is -0.275. The molecule has 1 amide bonds. The van der Waals surface area contributed by atoms with E-state index in [0.29, 0.717) is 31.6 Å². The molecule has 2 aromatic carbocycles. The zero-order valence-corrected chi connectivity index (χ0v) is 20.9. The Labute approximate surface area is 209 Å². The van der Waals surface area contributed by atoms with Gasteiger partial charge in [0.05, 0.1) is 13.2 Å². The maximum Gasteiger partial charge on any atom is 0.228 e. The summed E-state index contributed by atoms with van der Waals surface area (Å²) in [6, 6.07) is 19.2. The number of benzene rings is 2. The van der Waals surface area contributed by atoms with Gasteiger partial charge in [0.15, 0.2) is 0 Å². The second kappa shape index (κ2) is 10.9. The van der Waals surface area contributed by atoms with E-state index in [1.54, 1.807) is 0 Å². The van der Waals surface area contributed by atoms with E-state index in [0.717, 1.165) is 51.9 Å². The Kier molecular flexibility index (Phi) is 7.45.